The van der Waals surface area contributed by atoms with Crippen molar-refractivity contribution in [2.24, 2.45) is 16.5 Å². The molecule has 0 amide bonds. The van der Waals surface area contributed by atoms with Gasteiger partial charge in [0.2, 0.25) is 0 Å². The molecule has 0 aromatic heterocycles. The van der Waals surface area contributed by atoms with Crippen LogP contribution in [0.15, 0.2) is 40.4 Å². The maximum Gasteiger partial charge on any atom is 0.195 e. The molecular formula is C13H17FN4O2S. The van der Waals surface area contributed by atoms with E-state index < -0.39 is 26.6 Å². The Balaban J connectivity index is 2.76. The Morgan fingerprint density at radius 3 is 2.62 bits per heavy atom. The minimum absolute atomic E-state index is 0.0175. The molecule has 21 heavy (non-hydrogen) atoms. The van der Waals surface area contributed by atoms with Crippen molar-refractivity contribution in [1.29, 1.82) is 0 Å². The van der Waals surface area contributed by atoms with Crippen molar-refractivity contribution in [3.05, 3.63) is 41.9 Å². The van der Waals surface area contributed by atoms with Crippen molar-refractivity contribution in [2.75, 3.05) is 0 Å². The molecular weight excluding hydrogens is 295 g/mol. The number of benzene rings is 1. The first kappa shape index (κ1) is 15.5. The van der Waals surface area contributed by atoms with E-state index >= 15 is 0 Å². The van der Waals surface area contributed by atoms with Gasteiger partial charge in [-0.3, -0.25) is 5.73 Å². The molecule has 1 aliphatic heterocycles. The molecule has 1 aliphatic rings. The number of nitrogens with two attached hydrogens (primary N) is 2. The number of sulfone groups is 1. The van der Waals surface area contributed by atoms with Gasteiger partial charge in [-0.1, -0.05) is 6.07 Å². The lowest BCUT2D eigenvalue weighted by atomic mass is 9.99. The van der Waals surface area contributed by atoms with Crippen molar-refractivity contribution < 1.29 is 12.8 Å². The molecule has 114 valence electrons. The van der Waals surface area contributed by atoms with E-state index in [-0.39, 0.29) is 16.4 Å². The Labute approximate surface area is 122 Å². The summed E-state index contributed by atoms with van der Waals surface area (Å²) in [7, 11) is -3.72. The molecule has 1 aromatic carbocycles. The van der Waals surface area contributed by atoms with Gasteiger partial charge in [0.05, 0.1) is 15.7 Å². The highest BCUT2D eigenvalue weighted by Gasteiger charge is 2.36. The largest absolute Gasteiger partial charge is 0.370 e. The van der Waals surface area contributed by atoms with E-state index in [1.165, 1.54) is 38.3 Å². The smallest absolute Gasteiger partial charge is 0.195 e. The molecule has 0 bridgehead atoms. The number of nitrogens with one attached hydrogen (secondary N) is 1. The zero-order valence-corrected chi connectivity index (χ0v) is 12.5. The highest BCUT2D eigenvalue weighted by atomic mass is 32.2. The average molecular weight is 312 g/mol. The highest BCUT2D eigenvalue weighted by molar-refractivity contribution is 7.92. The molecule has 0 saturated heterocycles. The standard InChI is InChI=1S/C13H17FN4O2S/c1-8(2)21(19,20)10-5-3-4-9(14)11(10)13(16)6-7-17-12(15)18-13/h3-8H,16H2,1-2H3,(H3,15,17,18). The van der Waals surface area contributed by atoms with Gasteiger partial charge < -0.3 is 11.1 Å². The summed E-state index contributed by atoms with van der Waals surface area (Å²) >= 11 is 0. The normalized spacial score (nSPS) is 22.0. The first-order chi connectivity index (χ1) is 9.68. The number of hydrogen-bond acceptors (Lipinski definition) is 6. The molecule has 0 radical (unpaired) electrons. The molecule has 1 unspecified atom stereocenters. The molecule has 1 heterocycles. The minimum atomic E-state index is -3.72. The Bertz CT molecular complexity index is 728. The number of aliphatic imine (C=N–C) groups is 1. The van der Waals surface area contributed by atoms with Crippen LogP contribution in [0, 0.1) is 5.82 Å². The molecule has 0 fully saturated rings. The number of rotatable bonds is 3. The predicted octanol–water partition coefficient (Wildman–Crippen LogP) is 0.551. The molecule has 1 aromatic rings. The van der Waals surface area contributed by atoms with Crippen LogP contribution in [0.1, 0.15) is 19.4 Å². The topological polar surface area (TPSA) is 111 Å². The number of nitrogens with zero attached hydrogens (tertiary/aromatic N) is 1. The first-order valence-electron chi connectivity index (χ1n) is 6.30. The van der Waals surface area contributed by atoms with Crippen LogP contribution in [0.3, 0.4) is 0 Å². The van der Waals surface area contributed by atoms with Crippen LogP contribution in [0.4, 0.5) is 4.39 Å². The van der Waals surface area contributed by atoms with E-state index in [4.69, 9.17) is 11.5 Å². The average Bonchev–Trinajstić information content (AvgIpc) is 2.37. The van der Waals surface area contributed by atoms with Gasteiger partial charge in [-0.2, -0.15) is 0 Å². The van der Waals surface area contributed by atoms with Crippen LogP contribution in [0.2, 0.25) is 0 Å². The summed E-state index contributed by atoms with van der Waals surface area (Å²) in [6.07, 6.45) is 2.77. The van der Waals surface area contributed by atoms with E-state index in [0.717, 1.165) is 6.07 Å². The Hall–Kier alpha value is -1.93. The maximum atomic E-state index is 14.3. The van der Waals surface area contributed by atoms with Crippen LogP contribution in [0.5, 0.6) is 0 Å². The summed E-state index contributed by atoms with van der Waals surface area (Å²) in [5.74, 6) is -0.765. The quantitative estimate of drug-likeness (QED) is 0.755. The van der Waals surface area contributed by atoms with E-state index in [1.807, 2.05) is 0 Å². The minimum Gasteiger partial charge on any atom is -0.370 e. The van der Waals surface area contributed by atoms with Crippen LogP contribution < -0.4 is 16.8 Å². The summed E-state index contributed by atoms with van der Waals surface area (Å²) in [4.78, 5) is 3.77. The number of hydrogen-bond donors (Lipinski definition) is 3. The van der Waals surface area contributed by atoms with Gasteiger partial charge in [-0.05, 0) is 32.1 Å². The van der Waals surface area contributed by atoms with Crippen molar-refractivity contribution >= 4 is 15.8 Å². The summed E-state index contributed by atoms with van der Waals surface area (Å²) in [6, 6.07) is 3.80. The lowest BCUT2D eigenvalue weighted by molar-refractivity contribution is 0.502. The molecule has 2 rings (SSSR count). The van der Waals surface area contributed by atoms with Gasteiger partial charge in [-0.25, -0.2) is 17.8 Å². The van der Waals surface area contributed by atoms with Crippen molar-refractivity contribution in [1.82, 2.24) is 5.32 Å². The van der Waals surface area contributed by atoms with Crippen LogP contribution >= 0.6 is 0 Å². The van der Waals surface area contributed by atoms with Gasteiger partial charge >= 0.3 is 0 Å². The summed E-state index contributed by atoms with van der Waals surface area (Å²) in [5.41, 5.74) is 9.75. The first-order valence-corrected chi connectivity index (χ1v) is 7.84. The second kappa shape index (κ2) is 5.12. The fraction of sp³-hybridized carbons (Fsp3) is 0.308. The lowest BCUT2D eigenvalue weighted by Crippen LogP contribution is -2.43. The number of halogens is 1. The third kappa shape index (κ3) is 2.64. The van der Waals surface area contributed by atoms with E-state index in [0.29, 0.717) is 0 Å². The molecule has 0 aliphatic carbocycles. The SMILES string of the molecule is CC(C)S(=O)(=O)c1cccc(F)c1C1(N)C=CNC(N)=N1. The third-order valence-electron chi connectivity index (χ3n) is 3.18. The third-order valence-corrected chi connectivity index (χ3v) is 5.37. The molecule has 5 N–H and O–H groups in total. The summed E-state index contributed by atoms with van der Waals surface area (Å²) in [5, 5.41) is 1.89. The monoisotopic (exact) mass is 312 g/mol. The maximum absolute atomic E-state index is 14.3. The van der Waals surface area contributed by atoms with Crippen LogP contribution in [-0.4, -0.2) is 19.6 Å². The Morgan fingerprint density at radius 1 is 1.38 bits per heavy atom. The lowest BCUT2D eigenvalue weighted by Gasteiger charge is -2.28. The van der Waals surface area contributed by atoms with Crippen molar-refractivity contribution in [3.63, 3.8) is 0 Å². The zero-order chi connectivity index (χ0) is 15.8. The van der Waals surface area contributed by atoms with Crippen molar-refractivity contribution in [2.45, 2.75) is 29.7 Å². The van der Waals surface area contributed by atoms with Gasteiger partial charge in [0.1, 0.15) is 5.82 Å². The highest BCUT2D eigenvalue weighted by Crippen LogP contribution is 2.33. The van der Waals surface area contributed by atoms with Crippen molar-refractivity contribution in [3.8, 4) is 0 Å². The molecule has 6 nitrogen and oxygen atoms in total. The second-order valence-corrected chi connectivity index (χ2v) is 7.48. The fourth-order valence-electron chi connectivity index (χ4n) is 2.05. The van der Waals surface area contributed by atoms with E-state index in [9.17, 15) is 12.8 Å². The molecule has 1 atom stereocenters. The van der Waals surface area contributed by atoms with Gasteiger partial charge in [0, 0.05) is 6.20 Å². The predicted molar refractivity (Wildman–Crippen MR) is 78.5 cm³/mol. The fourth-order valence-corrected chi connectivity index (χ4v) is 3.37. The van der Waals surface area contributed by atoms with Gasteiger partial charge in [0.15, 0.2) is 21.5 Å². The van der Waals surface area contributed by atoms with Crippen LogP contribution in [0.25, 0.3) is 0 Å². The summed E-state index contributed by atoms with van der Waals surface area (Å²) in [6.45, 7) is 3.03. The van der Waals surface area contributed by atoms with E-state index in [2.05, 4.69) is 10.3 Å². The Morgan fingerprint density at radius 2 is 2.05 bits per heavy atom. The zero-order valence-electron chi connectivity index (χ0n) is 11.7. The Kier molecular flexibility index (Phi) is 3.77. The summed E-state index contributed by atoms with van der Waals surface area (Å²) < 4.78 is 39.2. The van der Waals surface area contributed by atoms with E-state index in [1.54, 1.807) is 0 Å². The van der Waals surface area contributed by atoms with Crippen LogP contribution in [-0.2, 0) is 15.5 Å². The molecule has 8 heteroatoms. The second-order valence-electron chi connectivity index (χ2n) is 5.01. The molecule has 0 spiro atoms. The van der Waals surface area contributed by atoms with Gasteiger partial charge in [-0.15, -0.1) is 0 Å². The van der Waals surface area contributed by atoms with Gasteiger partial charge in [0.25, 0.3) is 0 Å². The number of guanidine groups is 1. The molecule has 0 saturated carbocycles.